The summed E-state index contributed by atoms with van der Waals surface area (Å²) in [4.78, 5) is 28.3. The molecular weight excluding hydrogens is 260 g/mol. The van der Waals surface area contributed by atoms with Crippen molar-refractivity contribution in [2.75, 3.05) is 6.16 Å². The van der Waals surface area contributed by atoms with Crippen LogP contribution in [0.4, 0.5) is 13.2 Å². The van der Waals surface area contributed by atoms with Gasteiger partial charge in [0.15, 0.2) is 5.78 Å². The first-order valence-electron chi connectivity index (χ1n) is 4.34. The number of carbonyl (C=O) groups is 1. The first-order chi connectivity index (χ1) is 7.59. The SMILES string of the molecule is O=C(CP(=O)(O)O)c1ccc(C(F)(F)F)cc1. The smallest absolute Gasteiger partial charge is 0.324 e. The van der Waals surface area contributed by atoms with Gasteiger partial charge in [0.1, 0.15) is 6.16 Å². The Morgan fingerprint density at radius 1 is 1.18 bits per heavy atom. The molecule has 1 aromatic rings. The lowest BCUT2D eigenvalue weighted by Gasteiger charge is -2.07. The Hall–Kier alpha value is -1.17. The van der Waals surface area contributed by atoms with Gasteiger partial charge in [0.25, 0.3) is 0 Å². The van der Waals surface area contributed by atoms with Gasteiger partial charge in [-0.3, -0.25) is 9.36 Å². The molecule has 0 bridgehead atoms. The van der Waals surface area contributed by atoms with Crippen molar-refractivity contribution in [1.29, 1.82) is 0 Å². The summed E-state index contributed by atoms with van der Waals surface area (Å²) >= 11 is 0. The molecule has 1 rings (SSSR count). The average molecular weight is 268 g/mol. The molecule has 0 saturated heterocycles. The van der Waals surface area contributed by atoms with Crippen LogP contribution in [0.3, 0.4) is 0 Å². The molecular formula is C9H8F3O4P. The Balaban J connectivity index is 2.89. The van der Waals surface area contributed by atoms with E-state index in [4.69, 9.17) is 9.79 Å². The molecule has 0 aliphatic rings. The molecule has 17 heavy (non-hydrogen) atoms. The molecule has 94 valence electrons. The molecule has 1 aromatic carbocycles. The third-order valence-corrected chi connectivity index (χ3v) is 2.58. The molecule has 0 amide bonds. The Morgan fingerprint density at radius 2 is 1.65 bits per heavy atom. The van der Waals surface area contributed by atoms with Crippen LogP contribution in [0, 0.1) is 0 Å². The molecule has 0 unspecified atom stereocenters. The standard InChI is InChI=1S/C9H8F3O4P/c10-9(11,12)7-3-1-6(2-4-7)8(13)5-17(14,15)16/h1-4H,5H2,(H2,14,15,16). The largest absolute Gasteiger partial charge is 0.416 e. The van der Waals surface area contributed by atoms with Crippen LogP contribution in [0.5, 0.6) is 0 Å². The van der Waals surface area contributed by atoms with Gasteiger partial charge >= 0.3 is 13.8 Å². The zero-order chi connectivity index (χ0) is 13.3. The lowest BCUT2D eigenvalue weighted by atomic mass is 10.1. The van der Waals surface area contributed by atoms with E-state index in [1.807, 2.05) is 0 Å². The summed E-state index contributed by atoms with van der Waals surface area (Å²) < 4.78 is 47.1. The number of alkyl halides is 3. The highest BCUT2D eigenvalue weighted by Crippen LogP contribution is 2.35. The summed E-state index contributed by atoms with van der Waals surface area (Å²) in [5.74, 6) is -0.896. The molecule has 0 atom stereocenters. The van der Waals surface area contributed by atoms with Gasteiger partial charge in [0, 0.05) is 5.56 Å². The van der Waals surface area contributed by atoms with Crippen molar-refractivity contribution in [2.24, 2.45) is 0 Å². The Bertz CT molecular complexity index is 460. The number of benzene rings is 1. The predicted octanol–water partition coefficient (Wildman–Crippen LogP) is 2.07. The highest BCUT2D eigenvalue weighted by Gasteiger charge is 2.30. The van der Waals surface area contributed by atoms with E-state index < -0.39 is 31.3 Å². The van der Waals surface area contributed by atoms with E-state index in [9.17, 15) is 22.5 Å². The Kier molecular flexibility index (Phi) is 3.76. The van der Waals surface area contributed by atoms with Crippen molar-refractivity contribution < 1.29 is 32.3 Å². The van der Waals surface area contributed by atoms with E-state index in [1.165, 1.54) is 0 Å². The fourth-order valence-corrected chi connectivity index (χ4v) is 1.68. The van der Waals surface area contributed by atoms with Crippen LogP contribution in [0.2, 0.25) is 0 Å². The molecule has 0 radical (unpaired) electrons. The van der Waals surface area contributed by atoms with Gasteiger partial charge in [-0.1, -0.05) is 12.1 Å². The van der Waals surface area contributed by atoms with Gasteiger partial charge in [0.05, 0.1) is 5.56 Å². The zero-order valence-electron chi connectivity index (χ0n) is 8.31. The molecule has 0 fully saturated rings. The summed E-state index contributed by atoms with van der Waals surface area (Å²) in [7, 11) is -4.50. The zero-order valence-corrected chi connectivity index (χ0v) is 9.20. The number of ketones is 1. The van der Waals surface area contributed by atoms with Crippen molar-refractivity contribution in [3.63, 3.8) is 0 Å². The second-order valence-corrected chi connectivity index (χ2v) is 4.97. The van der Waals surface area contributed by atoms with Crippen LogP contribution >= 0.6 is 7.60 Å². The normalized spacial score (nSPS) is 12.5. The van der Waals surface area contributed by atoms with Crippen LogP contribution < -0.4 is 0 Å². The molecule has 0 aliphatic carbocycles. The molecule has 0 aromatic heterocycles. The summed E-state index contributed by atoms with van der Waals surface area (Å²) in [6.45, 7) is 0. The lowest BCUT2D eigenvalue weighted by molar-refractivity contribution is -0.137. The highest BCUT2D eigenvalue weighted by atomic mass is 31.2. The van der Waals surface area contributed by atoms with Gasteiger partial charge in [-0.2, -0.15) is 13.2 Å². The van der Waals surface area contributed by atoms with E-state index >= 15 is 0 Å². The molecule has 0 heterocycles. The second-order valence-electron chi connectivity index (χ2n) is 3.32. The molecule has 0 spiro atoms. The number of hydrogen-bond donors (Lipinski definition) is 2. The third kappa shape index (κ3) is 4.30. The van der Waals surface area contributed by atoms with Crippen molar-refractivity contribution in [3.05, 3.63) is 35.4 Å². The van der Waals surface area contributed by atoms with Gasteiger partial charge < -0.3 is 9.79 Å². The van der Waals surface area contributed by atoms with E-state index in [-0.39, 0.29) is 5.56 Å². The van der Waals surface area contributed by atoms with Crippen LogP contribution in [0.1, 0.15) is 15.9 Å². The van der Waals surface area contributed by atoms with Crippen molar-refractivity contribution >= 4 is 13.4 Å². The minimum atomic E-state index is -4.51. The van der Waals surface area contributed by atoms with Crippen LogP contribution in [-0.2, 0) is 10.7 Å². The first kappa shape index (κ1) is 13.9. The first-order valence-corrected chi connectivity index (χ1v) is 6.14. The fraction of sp³-hybridized carbons (Fsp3) is 0.222. The van der Waals surface area contributed by atoms with E-state index in [0.29, 0.717) is 12.1 Å². The van der Waals surface area contributed by atoms with Crippen LogP contribution in [0.25, 0.3) is 0 Å². The maximum Gasteiger partial charge on any atom is 0.416 e. The maximum atomic E-state index is 12.2. The predicted molar refractivity (Wildman–Crippen MR) is 52.7 cm³/mol. The monoisotopic (exact) mass is 268 g/mol. The van der Waals surface area contributed by atoms with Crippen LogP contribution in [0.15, 0.2) is 24.3 Å². The minimum absolute atomic E-state index is 0.165. The summed E-state index contributed by atoms with van der Waals surface area (Å²) in [6, 6.07) is 3.15. The number of hydrogen-bond acceptors (Lipinski definition) is 2. The highest BCUT2D eigenvalue weighted by molar-refractivity contribution is 7.52. The quantitative estimate of drug-likeness (QED) is 0.650. The third-order valence-electron chi connectivity index (χ3n) is 1.88. The van der Waals surface area contributed by atoms with Crippen LogP contribution in [-0.4, -0.2) is 21.7 Å². The topological polar surface area (TPSA) is 74.6 Å². The Labute approximate surface area is 94.2 Å². The molecule has 4 nitrogen and oxygen atoms in total. The number of carbonyl (C=O) groups excluding carboxylic acids is 1. The van der Waals surface area contributed by atoms with E-state index in [2.05, 4.69) is 0 Å². The Morgan fingerprint density at radius 3 is 2.00 bits per heavy atom. The second kappa shape index (κ2) is 4.60. The number of Topliss-reactive ketones (excluding diaryl/α,β-unsaturated/α-hetero) is 1. The molecule has 8 heteroatoms. The van der Waals surface area contributed by atoms with Crippen molar-refractivity contribution in [3.8, 4) is 0 Å². The van der Waals surface area contributed by atoms with E-state index in [1.54, 1.807) is 0 Å². The summed E-state index contributed by atoms with van der Waals surface area (Å²) in [5, 5.41) is 0. The van der Waals surface area contributed by atoms with Crippen molar-refractivity contribution in [2.45, 2.75) is 6.18 Å². The molecule has 0 saturated carbocycles. The average Bonchev–Trinajstić information content (AvgIpc) is 2.14. The molecule has 0 aliphatic heterocycles. The minimum Gasteiger partial charge on any atom is -0.324 e. The maximum absolute atomic E-state index is 12.2. The molecule has 2 N–H and O–H groups in total. The summed E-state index contributed by atoms with van der Waals surface area (Å²) in [6.07, 6.45) is -5.52. The summed E-state index contributed by atoms with van der Waals surface area (Å²) in [5.41, 5.74) is -1.09. The fourth-order valence-electron chi connectivity index (χ4n) is 1.12. The van der Waals surface area contributed by atoms with Gasteiger partial charge in [-0.15, -0.1) is 0 Å². The van der Waals surface area contributed by atoms with Gasteiger partial charge in [-0.05, 0) is 12.1 Å². The van der Waals surface area contributed by atoms with Gasteiger partial charge in [0.2, 0.25) is 0 Å². The van der Waals surface area contributed by atoms with Gasteiger partial charge in [-0.25, -0.2) is 0 Å². The van der Waals surface area contributed by atoms with Crippen molar-refractivity contribution in [1.82, 2.24) is 0 Å². The van der Waals surface area contributed by atoms with E-state index in [0.717, 1.165) is 12.1 Å². The lowest BCUT2D eigenvalue weighted by Crippen LogP contribution is -2.08. The number of rotatable bonds is 3. The number of halogens is 3.